The van der Waals surface area contributed by atoms with E-state index < -0.39 is 0 Å². The molecule has 0 amide bonds. The summed E-state index contributed by atoms with van der Waals surface area (Å²) in [5.41, 5.74) is 0. The summed E-state index contributed by atoms with van der Waals surface area (Å²) < 4.78 is 0. The lowest BCUT2D eigenvalue weighted by Gasteiger charge is -2.34. The topological polar surface area (TPSA) is 23.5 Å². The lowest BCUT2D eigenvalue weighted by Crippen LogP contribution is -2.36. The first-order valence-corrected chi connectivity index (χ1v) is 6.03. The zero-order chi connectivity index (χ0) is 10.4. The fourth-order valence-corrected chi connectivity index (χ4v) is 2.73. The van der Waals surface area contributed by atoms with Gasteiger partial charge in [0.25, 0.3) is 0 Å². The number of hydrogen-bond donors (Lipinski definition) is 1. The van der Waals surface area contributed by atoms with Crippen LogP contribution in [0.5, 0.6) is 0 Å². The standard InChI is InChI=1S/C12H25NO/c1-13(2)12(9-6-10-14)11-7-4-3-5-8-11/h11-12,14H,3-10H2,1-2H3. The smallest absolute Gasteiger partial charge is 0.0431 e. The maximum atomic E-state index is 8.88. The van der Waals surface area contributed by atoms with Gasteiger partial charge < -0.3 is 10.0 Å². The van der Waals surface area contributed by atoms with Crippen molar-refractivity contribution in [2.75, 3.05) is 20.7 Å². The second kappa shape index (κ2) is 6.41. The summed E-state index contributed by atoms with van der Waals surface area (Å²) in [7, 11) is 4.35. The molecule has 1 fully saturated rings. The van der Waals surface area contributed by atoms with Crippen molar-refractivity contribution in [1.82, 2.24) is 4.90 Å². The van der Waals surface area contributed by atoms with Gasteiger partial charge in [-0.05, 0) is 45.7 Å². The van der Waals surface area contributed by atoms with Crippen LogP contribution in [0.15, 0.2) is 0 Å². The summed E-state index contributed by atoms with van der Waals surface area (Å²) >= 11 is 0. The van der Waals surface area contributed by atoms with Crippen molar-refractivity contribution in [3.8, 4) is 0 Å². The molecule has 84 valence electrons. The summed E-state index contributed by atoms with van der Waals surface area (Å²) in [5, 5.41) is 8.88. The molecule has 1 saturated carbocycles. The van der Waals surface area contributed by atoms with Crippen molar-refractivity contribution in [3.63, 3.8) is 0 Å². The van der Waals surface area contributed by atoms with Crippen molar-refractivity contribution in [3.05, 3.63) is 0 Å². The van der Waals surface area contributed by atoms with Gasteiger partial charge in [0.2, 0.25) is 0 Å². The first-order valence-electron chi connectivity index (χ1n) is 6.03. The van der Waals surface area contributed by atoms with Crippen molar-refractivity contribution in [2.45, 2.75) is 51.0 Å². The van der Waals surface area contributed by atoms with E-state index in [9.17, 15) is 0 Å². The Morgan fingerprint density at radius 3 is 2.36 bits per heavy atom. The zero-order valence-electron chi connectivity index (χ0n) is 9.71. The SMILES string of the molecule is CN(C)C(CCCO)C1CCCCC1. The van der Waals surface area contributed by atoms with Crippen molar-refractivity contribution in [2.24, 2.45) is 5.92 Å². The van der Waals surface area contributed by atoms with Gasteiger partial charge in [-0.1, -0.05) is 19.3 Å². The number of rotatable bonds is 5. The maximum absolute atomic E-state index is 8.88. The minimum atomic E-state index is 0.344. The average molecular weight is 199 g/mol. The van der Waals surface area contributed by atoms with E-state index in [1.165, 1.54) is 32.1 Å². The fraction of sp³-hybridized carbons (Fsp3) is 1.00. The molecule has 1 aliphatic carbocycles. The third-order valence-electron chi connectivity index (χ3n) is 3.52. The Balaban J connectivity index is 2.39. The second-order valence-corrected chi connectivity index (χ2v) is 4.79. The van der Waals surface area contributed by atoms with E-state index in [4.69, 9.17) is 5.11 Å². The van der Waals surface area contributed by atoms with E-state index in [-0.39, 0.29) is 0 Å². The van der Waals surface area contributed by atoms with Gasteiger partial charge in [0.15, 0.2) is 0 Å². The third kappa shape index (κ3) is 3.58. The molecule has 2 nitrogen and oxygen atoms in total. The number of aliphatic hydroxyl groups is 1. The number of hydrogen-bond acceptors (Lipinski definition) is 2. The average Bonchev–Trinajstić information content (AvgIpc) is 2.19. The molecule has 1 aliphatic rings. The van der Waals surface area contributed by atoms with E-state index in [1.54, 1.807) is 0 Å². The van der Waals surface area contributed by atoms with Crippen LogP contribution in [0, 0.1) is 5.92 Å². The Kier molecular flexibility index (Phi) is 5.49. The minimum Gasteiger partial charge on any atom is -0.396 e. The van der Waals surface area contributed by atoms with Crippen molar-refractivity contribution in [1.29, 1.82) is 0 Å². The quantitative estimate of drug-likeness (QED) is 0.734. The molecule has 0 radical (unpaired) electrons. The van der Waals surface area contributed by atoms with Crippen molar-refractivity contribution < 1.29 is 5.11 Å². The molecular weight excluding hydrogens is 174 g/mol. The minimum absolute atomic E-state index is 0.344. The van der Waals surface area contributed by atoms with Crippen LogP contribution in [-0.2, 0) is 0 Å². The first kappa shape index (κ1) is 12.0. The lowest BCUT2D eigenvalue weighted by atomic mass is 9.82. The molecule has 0 heterocycles. The molecule has 1 rings (SSSR count). The summed E-state index contributed by atoms with van der Waals surface area (Å²) in [4.78, 5) is 2.35. The monoisotopic (exact) mass is 199 g/mol. The predicted octanol–water partition coefficient (Wildman–Crippen LogP) is 2.27. The highest BCUT2D eigenvalue weighted by Gasteiger charge is 2.24. The molecule has 1 atom stereocenters. The molecule has 2 heteroatoms. The zero-order valence-corrected chi connectivity index (χ0v) is 9.71. The highest BCUT2D eigenvalue weighted by Crippen LogP contribution is 2.30. The summed E-state index contributed by atoms with van der Waals surface area (Å²) in [6, 6.07) is 0.697. The third-order valence-corrected chi connectivity index (χ3v) is 3.52. The number of aliphatic hydroxyl groups excluding tert-OH is 1. The molecule has 1 unspecified atom stereocenters. The molecular formula is C12H25NO. The molecule has 0 aromatic rings. The molecule has 0 saturated heterocycles. The Hall–Kier alpha value is -0.0800. The Bertz CT molecular complexity index is 141. The lowest BCUT2D eigenvalue weighted by molar-refractivity contribution is 0.148. The molecule has 14 heavy (non-hydrogen) atoms. The van der Waals surface area contributed by atoms with Crippen LogP contribution >= 0.6 is 0 Å². The van der Waals surface area contributed by atoms with E-state index >= 15 is 0 Å². The van der Waals surface area contributed by atoms with Crippen LogP contribution in [0.4, 0.5) is 0 Å². The Labute approximate surface area is 88.3 Å². The molecule has 0 aromatic heterocycles. The van der Waals surface area contributed by atoms with Crippen LogP contribution < -0.4 is 0 Å². The Morgan fingerprint density at radius 2 is 1.86 bits per heavy atom. The van der Waals surface area contributed by atoms with Crippen LogP contribution in [0.1, 0.15) is 44.9 Å². The van der Waals surface area contributed by atoms with E-state index in [2.05, 4.69) is 19.0 Å². The predicted molar refractivity (Wildman–Crippen MR) is 60.4 cm³/mol. The van der Waals surface area contributed by atoms with Gasteiger partial charge in [-0.25, -0.2) is 0 Å². The van der Waals surface area contributed by atoms with Crippen LogP contribution in [-0.4, -0.2) is 36.8 Å². The molecule has 0 bridgehead atoms. The first-order chi connectivity index (χ1) is 6.75. The summed E-state index contributed by atoms with van der Waals surface area (Å²) in [5.74, 6) is 0.880. The van der Waals surface area contributed by atoms with E-state index in [0.29, 0.717) is 12.6 Å². The fourth-order valence-electron chi connectivity index (χ4n) is 2.73. The van der Waals surface area contributed by atoms with E-state index in [1.807, 2.05) is 0 Å². The van der Waals surface area contributed by atoms with Gasteiger partial charge in [0.1, 0.15) is 0 Å². The van der Waals surface area contributed by atoms with E-state index in [0.717, 1.165) is 18.8 Å². The van der Waals surface area contributed by atoms with Gasteiger partial charge in [0.05, 0.1) is 0 Å². The maximum Gasteiger partial charge on any atom is 0.0431 e. The van der Waals surface area contributed by atoms with Gasteiger partial charge in [-0.3, -0.25) is 0 Å². The summed E-state index contributed by atoms with van der Waals surface area (Å²) in [6.45, 7) is 0.344. The van der Waals surface area contributed by atoms with Gasteiger partial charge in [-0.2, -0.15) is 0 Å². The van der Waals surface area contributed by atoms with Crippen LogP contribution in [0.25, 0.3) is 0 Å². The highest BCUT2D eigenvalue weighted by atomic mass is 16.2. The molecule has 0 aliphatic heterocycles. The van der Waals surface area contributed by atoms with Gasteiger partial charge in [0, 0.05) is 12.6 Å². The second-order valence-electron chi connectivity index (χ2n) is 4.79. The van der Waals surface area contributed by atoms with Gasteiger partial charge >= 0.3 is 0 Å². The van der Waals surface area contributed by atoms with Crippen LogP contribution in [0.2, 0.25) is 0 Å². The van der Waals surface area contributed by atoms with Crippen LogP contribution in [0.3, 0.4) is 0 Å². The summed E-state index contributed by atoms with van der Waals surface area (Å²) in [6.07, 6.45) is 9.16. The molecule has 0 spiro atoms. The Morgan fingerprint density at radius 1 is 1.21 bits per heavy atom. The largest absolute Gasteiger partial charge is 0.396 e. The highest BCUT2D eigenvalue weighted by molar-refractivity contribution is 4.79. The molecule has 1 N–H and O–H groups in total. The normalized spacial score (nSPS) is 21.4. The van der Waals surface area contributed by atoms with Crippen molar-refractivity contribution >= 4 is 0 Å². The molecule has 0 aromatic carbocycles. The number of nitrogens with zero attached hydrogens (tertiary/aromatic N) is 1. The van der Waals surface area contributed by atoms with Gasteiger partial charge in [-0.15, -0.1) is 0 Å².